The Morgan fingerprint density at radius 2 is 1.39 bits per heavy atom. The second-order valence-electron chi connectivity index (χ2n) is 7.09. The van der Waals surface area contributed by atoms with E-state index in [-0.39, 0.29) is 0 Å². The minimum atomic E-state index is 0.426. The molecule has 2 aromatic carbocycles. The van der Waals surface area contributed by atoms with Crippen LogP contribution in [0.5, 0.6) is 11.5 Å². The molecule has 0 atom stereocenters. The summed E-state index contributed by atoms with van der Waals surface area (Å²) in [5.41, 5.74) is 5.46. The van der Waals surface area contributed by atoms with Gasteiger partial charge in [-0.15, -0.1) is 0 Å². The Balaban J connectivity index is 1.85. The van der Waals surface area contributed by atoms with Crippen molar-refractivity contribution in [2.75, 3.05) is 14.2 Å². The molecule has 0 unspecified atom stereocenters. The Morgan fingerprint density at radius 1 is 0.839 bits per heavy atom. The van der Waals surface area contributed by atoms with Crippen molar-refractivity contribution in [3.8, 4) is 34.0 Å². The van der Waals surface area contributed by atoms with E-state index in [4.69, 9.17) is 26.2 Å². The summed E-state index contributed by atoms with van der Waals surface area (Å²) in [7, 11) is 3.31. The maximum absolute atomic E-state index is 6.37. The largest absolute Gasteiger partial charge is 0.497 e. The summed E-state index contributed by atoms with van der Waals surface area (Å²) in [6.07, 6.45) is 0. The van der Waals surface area contributed by atoms with Gasteiger partial charge < -0.3 is 9.47 Å². The SMILES string of the molecule is COc1ccc(-c2nn(Cn3nc(C)c(Cl)c3C)c(-c3ccc(OC)cc3)c2Br)cc1. The van der Waals surface area contributed by atoms with Gasteiger partial charge in [0.15, 0.2) is 0 Å². The van der Waals surface area contributed by atoms with Crippen molar-refractivity contribution in [2.45, 2.75) is 20.5 Å². The Kier molecular flexibility index (Phi) is 6.07. The Labute approximate surface area is 194 Å². The molecule has 0 aliphatic heterocycles. The third-order valence-corrected chi connectivity index (χ3v) is 6.48. The second-order valence-corrected chi connectivity index (χ2v) is 8.26. The molecule has 160 valence electrons. The monoisotopic (exact) mass is 500 g/mol. The van der Waals surface area contributed by atoms with Crippen LogP contribution in [0.2, 0.25) is 5.02 Å². The van der Waals surface area contributed by atoms with Crippen LogP contribution in [-0.2, 0) is 6.67 Å². The minimum Gasteiger partial charge on any atom is -0.497 e. The molecule has 0 aliphatic rings. The number of ether oxygens (including phenoxy) is 2. The first kappa shape index (κ1) is 21.5. The van der Waals surface area contributed by atoms with E-state index >= 15 is 0 Å². The van der Waals surface area contributed by atoms with Gasteiger partial charge in [0.2, 0.25) is 0 Å². The third kappa shape index (κ3) is 4.07. The number of aromatic nitrogens is 4. The molecule has 2 heterocycles. The van der Waals surface area contributed by atoms with Crippen LogP contribution in [0.25, 0.3) is 22.5 Å². The lowest BCUT2D eigenvalue weighted by atomic mass is 10.1. The van der Waals surface area contributed by atoms with Gasteiger partial charge in [-0.3, -0.25) is 0 Å². The fraction of sp³-hybridized carbons (Fsp3) is 0.217. The van der Waals surface area contributed by atoms with E-state index in [9.17, 15) is 0 Å². The lowest BCUT2D eigenvalue weighted by Crippen LogP contribution is -2.13. The van der Waals surface area contributed by atoms with Crippen molar-refractivity contribution in [1.82, 2.24) is 19.6 Å². The zero-order valence-electron chi connectivity index (χ0n) is 17.7. The average Bonchev–Trinajstić information content (AvgIpc) is 3.24. The molecular formula is C23H22BrClN4O2. The zero-order chi connectivity index (χ0) is 22.1. The van der Waals surface area contributed by atoms with E-state index in [1.807, 2.05) is 71.7 Å². The summed E-state index contributed by atoms with van der Waals surface area (Å²) in [6, 6.07) is 15.7. The maximum atomic E-state index is 6.37. The topological polar surface area (TPSA) is 54.1 Å². The normalized spacial score (nSPS) is 11.0. The minimum absolute atomic E-state index is 0.426. The van der Waals surface area contributed by atoms with E-state index in [1.165, 1.54) is 0 Å². The van der Waals surface area contributed by atoms with Gasteiger partial charge in [0.25, 0.3) is 0 Å². The molecule has 31 heavy (non-hydrogen) atoms. The Morgan fingerprint density at radius 3 is 1.87 bits per heavy atom. The summed E-state index contributed by atoms with van der Waals surface area (Å²) in [4.78, 5) is 0. The standard InChI is InChI=1S/C23H22BrClN4O2/c1-14-21(25)15(2)28(26-14)13-29-23(17-7-11-19(31-4)12-8-17)20(24)22(27-29)16-5-9-18(30-3)10-6-16/h5-12H,13H2,1-4H3. The zero-order valence-corrected chi connectivity index (χ0v) is 20.0. The summed E-state index contributed by atoms with van der Waals surface area (Å²) in [5, 5.41) is 10.2. The molecule has 0 amide bonds. The smallest absolute Gasteiger partial charge is 0.134 e. The molecule has 0 radical (unpaired) electrons. The van der Waals surface area contributed by atoms with Gasteiger partial charge in [-0.05, 0) is 78.3 Å². The molecule has 0 fully saturated rings. The van der Waals surface area contributed by atoms with Gasteiger partial charge >= 0.3 is 0 Å². The molecule has 4 aromatic rings. The Bertz CT molecular complexity index is 1210. The molecule has 0 bridgehead atoms. The summed E-state index contributed by atoms with van der Waals surface area (Å²) in [6.45, 7) is 4.28. The third-order valence-electron chi connectivity index (χ3n) is 5.18. The van der Waals surface area contributed by atoms with Crippen molar-refractivity contribution in [3.63, 3.8) is 0 Å². The van der Waals surface area contributed by atoms with E-state index in [0.717, 1.165) is 49.9 Å². The first-order valence-corrected chi connectivity index (χ1v) is 10.8. The molecule has 6 nitrogen and oxygen atoms in total. The quantitative estimate of drug-likeness (QED) is 0.327. The lowest BCUT2D eigenvalue weighted by molar-refractivity contribution is 0.414. The highest BCUT2D eigenvalue weighted by Gasteiger charge is 2.20. The summed E-state index contributed by atoms with van der Waals surface area (Å²) >= 11 is 10.2. The molecule has 0 saturated heterocycles. The first-order valence-electron chi connectivity index (χ1n) is 9.67. The molecule has 0 spiro atoms. The fourth-order valence-electron chi connectivity index (χ4n) is 3.44. The van der Waals surface area contributed by atoms with Crippen LogP contribution in [0.15, 0.2) is 53.0 Å². The van der Waals surface area contributed by atoms with Crippen molar-refractivity contribution in [3.05, 3.63) is 69.4 Å². The van der Waals surface area contributed by atoms with Crippen LogP contribution in [0.1, 0.15) is 11.4 Å². The van der Waals surface area contributed by atoms with Crippen LogP contribution in [0, 0.1) is 13.8 Å². The van der Waals surface area contributed by atoms with E-state index in [2.05, 4.69) is 21.0 Å². The molecule has 4 rings (SSSR count). The van der Waals surface area contributed by atoms with Gasteiger partial charge in [-0.25, -0.2) is 9.36 Å². The van der Waals surface area contributed by atoms with Crippen molar-refractivity contribution in [1.29, 1.82) is 0 Å². The van der Waals surface area contributed by atoms with Crippen molar-refractivity contribution < 1.29 is 9.47 Å². The predicted molar refractivity (Wildman–Crippen MR) is 126 cm³/mol. The number of hydrogen-bond donors (Lipinski definition) is 0. The number of hydrogen-bond acceptors (Lipinski definition) is 4. The number of aryl methyl sites for hydroxylation is 1. The first-order chi connectivity index (χ1) is 14.9. The van der Waals surface area contributed by atoms with Crippen LogP contribution >= 0.6 is 27.5 Å². The molecule has 0 N–H and O–H groups in total. The number of halogens is 2. The average molecular weight is 502 g/mol. The maximum Gasteiger partial charge on any atom is 0.134 e. The van der Waals surface area contributed by atoms with Crippen LogP contribution < -0.4 is 9.47 Å². The number of rotatable bonds is 6. The highest BCUT2D eigenvalue weighted by molar-refractivity contribution is 9.10. The molecular weight excluding hydrogens is 480 g/mol. The highest BCUT2D eigenvalue weighted by Crippen LogP contribution is 2.38. The van der Waals surface area contributed by atoms with E-state index in [1.54, 1.807) is 14.2 Å². The number of methoxy groups -OCH3 is 2. The van der Waals surface area contributed by atoms with Gasteiger partial charge in [0.1, 0.15) is 23.9 Å². The number of benzene rings is 2. The van der Waals surface area contributed by atoms with Crippen molar-refractivity contribution >= 4 is 27.5 Å². The summed E-state index contributed by atoms with van der Waals surface area (Å²) < 4.78 is 15.3. The van der Waals surface area contributed by atoms with Crippen LogP contribution in [0.4, 0.5) is 0 Å². The molecule has 0 saturated carbocycles. The summed E-state index contributed by atoms with van der Waals surface area (Å²) in [5.74, 6) is 1.60. The van der Waals surface area contributed by atoms with Gasteiger partial charge in [-0.2, -0.15) is 10.2 Å². The van der Waals surface area contributed by atoms with Gasteiger partial charge in [0, 0.05) is 11.1 Å². The van der Waals surface area contributed by atoms with Crippen LogP contribution in [0.3, 0.4) is 0 Å². The van der Waals surface area contributed by atoms with E-state index in [0.29, 0.717) is 11.7 Å². The molecule has 2 aromatic heterocycles. The van der Waals surface area contributed by atoms with E-state index < -0.39 is 0 Å². The number of nitrogens with zero attached hydrogens (tertiary/aromatic N) is 4. The Hall–Kier alpha value is -2.77. The molecule has 0 aliphatic carbocycles. The highest BCUT2D eigenvalue weighted by atomic mass is 79.9. The van der Waals surface area contributed by atoms with Crippen LogP contribution in [-0.4, -0.2) is 33.8 Å². The molecule has 8 heteroatoms. The van der Waals surface area contributed by atoms with Gasteiger partial charge in [0.05, 0.1) is 40.8 Å². The fourth-order valence-corrected chi connectivity index (χ4v) is 4.32. The van der Waals surface area contributed by atoms with Gasteiger partial charge in [-0.1, -0.05) is 11.6 Å². The second kappa shape index (κ2) is 8.77. The lowest BCUT2D eigenvalue weighted by Gasteiger charge is -2.10. The van der Waals surface area contributed by atoms with Crippen molar-refractivity contribution in [2.24, 2.45) is 0 Å². The predicted octanol–water partition coefficient (Wildman–Crippen LogP) is 5.97.